The molecular formula is C25H27FN2O5S. The Kier molecular flexibility index (Phi) is 8.25. The summed E-state index contributed by atoms with van der Waals surface area (Å²) in [6.45, 7) is 2.05. The largest absolute Gasteiger partial charge is 0.493 e. The SMILES string of the molecule is CCc1ccc(NC(=O)c2ccc(F)c(S(=O)(=O)NCCc3ccc(OC)c(OC)c3)c2)cc1. The molecular weight excluding hydrogens is 459 g/mol. The predicted molar refractivity (Wildman–Crippen MR) is 129 cm³/mol. The van der Waals surface area contributed by atoms with E-state index in [1.165, 1.54) is 20.3 Å². The Balaban J connectivity index is 1.70. The van der Waals surface area contributed by atoms with Gasteiger partial charge in [-0.25, -0.2) is 17.5 Å². The van der Waals surface area contributed by atoms with Crippen LogP contribution >= 0.6 is 0 Å². The molecule has 0 bridgehead atoms. The van der Waals surface area contributed by atoms with Gasteiger partial charge in [0.1, 0.15) is 10.7 Å². The molecule has 0 heterocycles. The van der Waals surface area contributed by atoms with E-state index >= 15 is 0 Å². The summed E-state index contributed by atoms with van der Waals surface area (Å²) in [5, 5.41) is 2.69. The van der Waals surface area contributed by atoms with Gasteiger partial charge in [-0.2, -0.15) is 0 Å². The van der Waals surface area contributed by atoms with Crippen molar-refractivity contribution in [3.8, 4) is 11.5 Å². The van der Waals surface area contributed by atoms with Crippen LogP contribution in [0.15, 0.2) is 65.6 Å². The molecule has 1 amide bonds. The van der Waals surface area contributed by atoms with Gasteiger partial charge >= 0.3 is 0 Å². The Labute approximate surface area is 199 Å². The molecule has 0 fully saturated rings. The number of anilines is 1. The Morgan fingerprint density at radius 1 is 0.912 bits per heavy atom. The van der Waals surface area contributed by atoms with Gasteiger partial charge in [-0.3, -0.25) is 4.79 Å². The molecule has 9 heteroatoms. The molecule has 0 aliphatic carbocycles. The Bertz CT molecular complexity index is 1260. The number of hydrogen-bond acceptors (Lipinski definition) is 5. The summed E-state index contributed by atoms with van der Waals surface area (Å²) in [5.74, 6) is -0.393. The summed E-state index contributed by atoms with van der Waals surface area (Å²) in [7, 11) is -1.15. The number of halogens is 1. The van der Waals surface area contributed by atoms with E-state index in [0.29, 0.717) is 23.6 Å². The zero-order valence-corrected chi connectivity index (χ0v) is 20.0. The van der Waals surface area contributed by atoms with E-state index < -0.39 is 26.6 Å². The molecule has 3 aromatic rings. The van der Waals surface area contributed by atoms with Gasteiger partial charge in [-0.15, -0.1) is 0 Å². The fourth-order valence-corrected chi connectivity index (χ4v) is 4.45. The molecule has 0 saturated heterocycles. The molecule has 3 rings (SSSR count). The number of hydrogen-bond donors (Lipinski definition) is 2. The van der Waals surface area contributed by atoms with Crippen molar-refractivity contribution in [2.24, 2.45) is 0 Å². The van der Waals surface area contributed by atoms with Crippen LogP contribution in [-0.2, 0) is 22.9 Å². The number of carbonyl (C=O) groups excluding carboxylic acids is 1. The summed E-state index contributed by atoms with van der Waals surface area (Å²) < 4.78 is 52.7. The lowest BCUT2D eigenvalue weighted by Gasteiger charge is -2.12. The first kappa shape index (κ1) is 25.2. The van der Waals surface area contributed by atoms with Crippen molar-refractivity contribution >= 4 is 21.6 Å². The maximum absolute atomic E-state index is 14.4. The molecule has 3 aromatic carbocycles. The second-order valence-corrected chi connectivity index (χ2v) is 9.22. The van der Waals surface area contributed by atoms with E-state index in [9.17, 15) is 17.6 Å². The molecule has 34 heavy (non-hydrogen) atoms. The van der Waals surface area contributed by atoms with Crippen molar-refractivity contribution in [2.75, 3.05) is 26.1 Å². The highest BCUT2D eigenvalue weighted by atomic mass is 32.2. The highest BCUT2D eigenvalue weighted by Gasteiger charge is 2.21. The summed E-state index contributed by atoms with van der Waals surface area (Å²) in [5.41, 5.74) is 2.51. The van der Waals surface area contributed by atoms with E-state index in [0.717, 1.165) is 29.7 Å². The number of carbonyl (C=O) groups is 1. The molecule has 0 atom stereocenters. The first-order chi connectivity index (χ1) is 16.3. The molecule has 2 N–H and O–H groups in total. The van der Waals surface area contributed by atoms with Crippen LogP contribution in [0.1, 0.15) is 28.4 Å². The van der Waals surface area contributed by atoms with Crippen LogP contribution < -0.4 is 19.5 Å². The smallest absolute Gasteiger partial charge is 0.255 e. The van der Waals surface area contributed by atoms with E-state index in [1.54, 1.807) is 30.3 Å². The van der Waals surface area contributed by atoms with Gasteiger partial charge in [-0.05, 0) is 66.4 Å². The van der Waals surface area contributed by atoms with Crippen LogP contribution in [-0.4, -0.2) is 35.1 Å². The highest BCUT2D eigenvalue weighted by molar-refractivity contribution is 7.89. The summed E-state index contributed by atoms with van der Waals surface area (Å²) >= 11 is 0. The third kappa shape index (κ3) is 6.12. The third-order valence-corrected chi connectivity index (χ3v) is 6.73. The van der Waals surface area contributed by atoms with Crippen LogP contribution in [0, 0.1) is 5.82 Å². The van der Waals surface area contributed by atoms with Crippen molar-refractivity contribution in [1.29, 1.82) is 0 Å². The Morgan fingerprint density at radius 2 is 1.59 bits per heavy atom. The number of aryl methyl sites for hydroxylation is 1. The van der Waals surface area contributed by atoms with Crippen molar-refractivity contribution < 1.29 is 27.1 Å². The average Bonchev–Trinajstić information content (AvgIpc) is 2.84. The average molecular weight is 487 g/mol. The molecule has 0 unspecified atom stereocenters. The topological polar surface area (TPSA) is 93.7 Å². The van der Waals surface area contributed by atoms with Gasteiger partial charge in [0.2, 0.25) is 10.0 Å². The summed E-state index contributed by atoms with van der Waals surface area (Å²) in [4.78, 5) is 12.0. The van der Waals surface area contributed by atoms with E-state index in [4.69, 9.17) is 9.47 Å². The zero-order chi connectivity index (χ0) is 24.7. The van der Waals surface area contributed by atoms with E-state index in [2.05, 4.69) is 10.0 Å². The molecule has 0 radical (unpaired) electrons. The van der Waals surface area contributed by atoms with E-state index in [-0.39, 0.29) is 12.1 Å². The number of rotatable bonds is 10. The maximum Gasteiger partial charge on any atom is 0.255 e. The van der Waals surface area contributed by atoms with Crippen molar-refractivity contribution in [3.05, 3.63) is 83.2 Å². The van der Waals surface area contributed by atoms with Crippen LogP contribution in [0.3, 0.4) is 0 Å². The molecule has 0 aromatic heterocycles. The number of sulfonamides is 1. The molecule has 7 nitrogen and oxygen atoms in total. The van der Waals surface area contributed by atoms with Crippen LogP contribution in [0.5, 0.6) is 11.5 Å². The van der Waals surface area contributed by atoms with Crippen molar-refractivity contribution in [1.82, 2.24) is 4.72 Å². The normalized spacial score (nSPS) is 11.2. The third-order valence-electron chi connectivity index (χ3n) is 5.26. The van der Waals surface area contributed by atoms with Gasteiger partial charge in [0.05, 0.1) is 14.2 Å². The minimum Gasteiger partial charge on any atom is -0.493 e. The Morgan fingerprint density at radius 3 is 2.24 bits per heavy atom. The van der Waals surface area contributed by atoms with Crippen LogP contribution in [0.25, 0.3) is 0 Å². The first-order valence-electron chi connectivity index (χ1n) is 10.7. The Hall–Kier alpha value is -3.43. The van der Waals surface area contributed by atoms with Crippen LogP contribution in [0.2, 0.25) is 0 Å². The highest BCUT2D eigenvalue weighted by Crippen LogP contribution is 2.27. The number of nitrogens with one attached hydrogen (secondary N) is 2. The van der Waals surface area contributed by atoms with Crippen molar-refractivity contribution in [3.63, 3.8) is 0 Å². The standard InChI is InChI=1S/C25H27FN2O5S/c1-4-17-5-9-20(10-6-17)28-25(29)19-8-11-21(26)24(16-19)34(30,31)27-14-13-18-7-12-22(32-2)23(15-18)33-3/h5-12,15-16,27H,4,13-14H2,1-3H3,(H,28,29). The van der Waals surface area contributed by atoms with Crippen molar-refractivity contribution in [2.45, 2.75) is 24.7 Å². The van der Waals surface area contributed by atoms with Gasteiger partial charge in [-0.1, -0.05) is 25.1 Å². The first-order valence-corrected chi connectivity index (χ1v) is 12.2. The predicted octanol–water partition coefficient (Wildman–Crippen LogP) is 4.18. The summed E-state index contributed by atoms with van der Waals surface area (Å²) in [6, 6.07) is 15.8. The number of ether oxygens (including phenoxy) is 2. The minimum atomic E-state index is -4.19. The zero-order valence-electron chi connectivity index (χ0n) is 19.2. The lowest BCUT2D eigenvalue weighted by atomic mass is 10.1. The molecule has 0 spiro atoms. The fourth-order valence-electron chi connectivity index (χ4n) is 3.32. The quantitative estimate of drug-likeness (QED) is 0.449. The second-order valence-electron chi connectivity index (χ2n) is 7.49. The molecule has 0 aliphatic rings. The molecule has 180 valence electrons. The second kappa shape index (κ2) is 11.1. The van der Waals surface area contributed by atoms with Gasteiger partial charge in [0.15, 0.2) is 11.5 Å². The van der Waals surface area contributed by atoms with Gasteiger partial charge in [0.25, 0.3) is 5.91 Å². The van der Waals surface area contributed by atoms with Crippen LogP contribution in [0.4, 0.5) is 10.1 Å². The lowest BCUT2D eigenvalue weighted by Crippen LogP contribution is -2.27. The van der Waals surface area contributed by atoms with E-state index in [1.807, 2.05) is 19.1 Å². The minimum absolute atomic E-state index is 0.0253. The number of benzene rings is 3. The lowest BCUT2D eigenvalue weighted by molar-refractivity contribution is 0.102. The fraction of sp³-hybridized carbons (Fsp3) is 0.240. The molecule has 0 saturated carbocycles. The maximum atomic E-state index is 14.4. The number of amides is 1. The van der Waals surface area contributed by atoms with Gasteiger partial charge < -0.3 is 14.8 Å². The monoisotopic (exact) mass is 486 g/mol. The molecule has 0 aliphatic heterocycles. The number of methoxy groups -OCH3 is 2. The summed E-state index contributed by atoms with van der Waals surface area (Å²) in [6.07, 6.45) is 1.21. The van der Waals surface area contributed by atoms with Gasteiger partial charge in [0, 0.05) is 17.8 Å².